The van der Waals surface area contributed by atoms with Crippen LogP contribution < -0.4 is 5.32 Å². The molecule has 0 fully saturated rings. The first-order chi connectivity index (χ1) is 9.38. The molecule has 0 aromatic heterocycles. The molecule has 0 amide bonds. The number of nitrogens with one attached hydrogen (secondary N) is 1. The highest BCUT2D eigenvalue weighted by Gasteiger charge is 2.13. The molecular weight excluding hydrogens is 364 g/mol. The normalized spacial score (nSPS) is 12.3. The van der Waals surface area contributed by atoms with Gasteiger partial charge in [0.2, 0.25) is 0 Å². The van der Waals surface area contributed by atoms with Gasteiger partial charge in [-0.25, -0.2) is 4.39 Å². The van der Waals surface area contributed by atoms with Gasteiger partial charge >= 0.3 is 0 Å². The number of halogens is 4. The molecule has 0 saturated heterocycles. The predicted molar refractivity (Wildman–Crippen MR) is 87.3 cm³/mol. The zero-order valence-electron chi connectivity index (χ0n) is 11.0. The van der Waals surface area contributed by atoms with Crippen LogP contribution in [0.2, 0.25) is 10.0 Å². The standard InChI is InChI=1S/C15H13BrCl2FN/c1-8-5-12(16)14(19)7-15(8)20-9(2)11-6-10(17)3-4-13(11)18/h3-7,9,20H,1-2H3. The fourth-order valence-corrected chi connectivity index (χ4v) is 2.88. The summed E-state index contributed by atoms with van der Waals surface area (Å²) in [4.78, 5) is 0. The number of hydrogen-bond acceptors (Lipinski definition) is 1. The minimum absolute atomic E-state index is 0.0829. The monoisotopic (exact) mass is 375 g/mol. The van der Waals surface area contributed by atoms with Crippen LogP contribution in [0.25, 0.3) is 0 Å². The lowest BCUT2D eigenvalue weighted by Crippen LogP contribution is -2.08. The Labute approximate surface area is 136 Å². The van der Waals surface area contributed by atoms with Gasteiger partial charge in [0.05, 0.1) is 10.5 Å². The van der Waals surface area contributed by atoms with Gasteiger partial charge in [0, 0.05) is 15.7 Å². The quantitative estimate of drug-likeness (QED) is 0.655. The lowest BCUT2D eigenvalue weighted by Gasteiger charge is -2.19. The minimum atomic E-state index is -0.303. The molecule has 0 spiro atoms. The topological polar surface area (TPSA) is 12.0 Å². The smallest absolute Gasteiger partial charge is 0.139 e. The molecule has 0 radical (unpaired) electrons. The Balaban J connectivity index is 2.30. The molecule has 1 N–H and O–H groups in total. The maximum Gasteiger partial charge on any atom is 0.139 e. The van der Waals surface area contributed by atoms with Gasteiger partial charge in [0.25, 0.3) is 0 Å². The minimum Gasteiger partial charge on any atom is -0.378 e. The van der Waals surface area contributed by atoms with Crippen molar-refractivity contribution in [2.45, 2.75) is 19.9 Å². The van der Waals surface area contributed by atoms with Crippen molar-refractivity contribution in [2.75, 3.05) is 5.32 Å². The van der Waals surface area contributed by atoms with Crippen LogP contribution in [0.1, 0.15) is 24.1 Å². The molecule has 0 aliphatic carbocycles. The van der Waals surface area contributed by atoms with Gasteiger partial charge < -0.3 is 5.32 Å². The molecule has 2 rings (SSSR count). The second kappa shape index (κ2) is 6.33. The van der Waals surface area contributed by atoms with Crippen molar-refractivity contribution in [3.63, 3.8) is 0 Å². The summed E-state index contributed by atoms with van der Waals surface area (Å²) in [5.41, 5.74) is 2.56. The Morgan fingerprint density at radius 2 is 1.90 bits per heavy atom. The molecule has 5 heteroatoms. The van der Waals surface area contributed by atoms with Gasteiger partial charge in [-0.3, -0.25) is 0 Å². The molecule has 1 atom stereocenters. The summed E-state index contributed by atoms with van der Waals surface area (Å²) in [6, 6.07) is 8.43. The van der Waals surface area contributed by atoms with Crippen molar-refractivity contribution in [1.29, 1.82) is 0 Å². The van der Waals surface area contributed by atoms with Crippen LogP contribution in [0.4, 0.5) is 10.1 Å². The first-order valence-electron chi connectivity index (χ1n) is 6.05. The molecule has 0 heterocycles. The van der Waals surface area contributed by atoms with Crippen LogP contribution in [0.15, 0.2) is 34.8 Å². The van der Waals surface area contributed by atoms with Crippen LogP contribution in [0.3, 0.4) is 0 Å². The summed E-state index contributed by atoms with van der Waals surface area (Å²) >= 11 is 15.3. The Kier molecular flexibility index (Phi) is 4.95. The van der Waals surface area contributed by atoms with Crippen molar-refractivity contribution in [2.24, 2.45) is 0 Å². The van der Waals surface area contributed by atoms with E-state index < -0.39 is 0 Å². The second-order valence-corrected chi connectivity index (χ2v) is 6.31. The molecule has 2 aromatic carbocycles. The Bertz CT molecular complexity index is 646. The van der Waals surface area contributed by atoms with Gasteiger partial charge in [-0.05, 0) is 71.2 Å². The third-order valence-electron chi connectivity index (χ3n) is 3.06. The summed E-state index contributed by atoms with van der Waals surface area (Å²) in [5.74, 6) is -0.303. The second-order valence-electron chi connectivity index (χ2n) is 4.61. The van der Waals surface area contributed by atoms with Gasteiger partial charge in [-0.15, -0.1) is 0 Å². The van der Waals surface area contributed by atoms with E-state index >= 15 is 0 Å². The van der Waals surface area contributed by atoms with Gasteiger partial charge in [-0.2, -0.15) is 0 Å². The Morgan fingerprint density at radius 3 is 2.60 bits per heavy atom. The molecule has 2 aromatic rings. The van der Waals surface area contributed by atoms with Gasteiger partial charge in [0.1, 0.15) is 5.82 Å². The molecule has 1 unspecified atom stereocenters. The largest absolute Gasteiger partial charge is 0.378 e. The third-order valence-corrected chi connectivity index (χ3v) is 4.25. The number of rotatable bonds is 3. The molecule has 106 valence electrons. The maximum atomic E-state index is 13.6. The van der Waals surface area contributed by atoms with E-state index in [0.717, 1.165) is 16.8 Å². The lowest BCUT2D eigenvalue weighted by molar-refractivity contribution is 0.620. The van der Waals surface area contributed by atoms with Crippen LogP contribution in [0, 0.1) is 12.7 Å². The molecule has 0 aliphatic heterocycles. The molecule has 20 heavy (non-hydrogen) atoms. The van der Waals surface area contributed by atoms with E-state index in [9.17, 15) is 4.39 Å². The molecule has 0 bridgehead atoms. The third kappa shape index (κ3) is 3.46. The fourth-order valence-electron chi connectivity index (χ4n) is 1.96. The number of anilines is 1. The summed E-state index contributed by atoms with van der Waals surface area (Å²) in [6.07, 6.45) is 0. The Hall–Kier alpha value is -0.770. The van der Waals surface area contributed by atoms with Crippen LogP contribution in [-0.2, 0) is 0 Å². The van der Waals surface area contributed by atoms with E-state index in [1.165, 1.54) is 6.07 Å². The number of hydrogen-bond donors (Lipinski definition) is 1. The SMILES string of the molecule is Cc1cc(Br)c(F)cc1NC(C)c1cc(Cl)ccc1Cl. The van der Waals surface area contributed by atoms with Crippen molar-refractivity contribution < 1.29 is 4.39 Å². The zero-order chi connectivity index (χ0) is 14.9. The van der Waals surface area contributed by atoms with Crippen molar-refractivity contribution in [3.8, 4) is 0 Å². The summed E-state index contributed by atoms with van der Waals surface area (Å²) in [6.45, 7) is 3.87. The van der Waals surface area contributed by atoms with E-state index in [0.29, 0.717) is 14.5 Å². The van der Waals surface area contributed by atoms with E-state index in [4.69, 9.17) is 23.2 Å². The zero-order valence-corrected chi connectivity index (χ0v) is 14.1. The summed E-state index contributed by atoms with van der Waals surface area (Å²) in [5, 5.41) is 4.51. The first kappa shape index (κ1) is 15.6. The average molecular weight is 377 g/mol. The van der Waals surface area contributed by atoms with Gasteiger partial charge in [-0.1, -0.05) is 23.2 Å². The van der Waals surface area contributed by atoms with Crippen molar-refractivity contribution in [1.82, 2.24) is 0 Å². The molecule has 0 saturated carbocycles. The van der Waals surface area contributed by atoms with Crippen LogP contribution in [0.5, 0.6) is 0 Å². The fraction of sp³-hybridized carbons (Fsp3) is 0.200. The molecular formula is C15H13BrCl2FN. The summed E-state index contributed by atoms with van der Waals surface area (Å²) in [7, 11) is 0. The van der Waals surface area contributed by atoms with Crippen LogP contribution >= 0.6 is 39.1 Å². The van der Waals surface area contributed by atoms with Crippen molar-refractivity contribution in [3.05, 3.63) is 61.8 Å². The number of aryl methyl sites for hydroxylation is 1. The van der Waals surface area contributed by atoms with Gasteiger partial charge in [0.15, 0.2) is 0 Å². The summed E-state index contributed by atoms with van der Waals surface area (Å²) < 4.78 is 14.1. The molecule has 1 nitrogen and oxygen atoms in total. The van der Waals surface area contributed by atoms with Crippen molar-refractivity contribution >= 4 is 44.8 Å². The predicted octanol–water partition coefficient (Wildman–Crippen LogP) is 6.38. The average Bonchev–Trinajstić information content (AvgIpc) is 2.38. The van der Waals surface area contributed by atoms with E-state index in [1.54, 1.807) is 18.2 Å². The number of benzene rings is 2. The van der Waals surface area contributed by atoms with E-state index in [-0.39, 0.29) is 11.9 Å². The lowest BCUT2D eigenvalue weighted by atomic mass is 10.1. The van der Waals surface area contributed by atoms with E-state index in [1.807, 2.05) is 19.9 Å². The van der Waals surface area contributed by atoms with Crippen LogP contribution in [-0.4, -0.2) is 0 Å². The highest BCUT2D eigenvalue weighted by atomic mass is 79.9. The van der Waals surface area contributed by atoms with E-state index in [2.05, 4.69) is 21.2 Å². The Morgan fingerprint density at radius 1 is 1.20 bits per heavy atom. The maximum absolute atomic E-state index is 13.6. The highest BCUT2D eigenvalue weighted by molar-refractivity contribution is 9.10. The highest BCUT2D eigenvalue weighted by Crippen LogP contribution is 2.31. The first-order valence-corrected chi connectivity index (χ1v) is 7.60. The molecule has 0 aliphatic rings.